The molecule has 0 bridgehead atoms. The van der Waals surface area contributed by atoms with E-state index in [1.807, 2.05) is 6.92 Å². The van der Waals surface area contributed by atoms with Crippen LogP contribution in [0.15, 0.2) is 28.4 Å². The lowest BCUT2D eigenvalue weighted by atomic mass is 9.99. The molecule has 2 N–H and O–H groups in total. The van der Waals surface area contributed by atoms with Gasteiger partial charge in [-0.1, -0.05) is 20.3 Å². The molecule has 0 radical (unpaired) electrons. The highest BCUT2D eigenvalue weighted by molar-refractivity contribution is 7.13. The summed E-state index contributed by atoms with van der Waals surface area (Å²) in [6.45, 7) is 3.70. The van der Waals surface area contributed by atoms with Crippen LogP contribution in [0.25, 0.3) is 10.6 Å². The lowest BCUT2D eigenvalue weighted by molar-refractivity contribution is -0.143. The van der Waals surface area contributed by atoms with Gasteiger partial charge in [-0.2, -0.15) is 0 Å². The fraction of sp³-hybridized carbons (Fsp3) is 0.400. The van der Waals surface area contributed by atoms with E-state index in [4.69, 9.17) is 4.42 Å². The molecule has 0 aliphatic carbocycles. The molecule has 1 amide bonds. The van der Waals surface area contributed by atoms with Crippen molar-refractivity contribution < 1.29 is 19.1 Å². The van der Waals surface area contributed by atoms with Crippen molar-refractivity contribution in [1.82, 2.24) is 10.3 Å². The molecule has 0 saturated carbocycles. The van der Waals surface area contributed by atoms with Gasteiger partial charge in [0, 0.05) is 10.9 Å². The summed E-state index contributed by atoms with van der Waals surface area (Å²) < 4.78 is 5.00. The summed E-state index contributed by atoms with van der Waals surface area (Å²) in [5.74, 6) is -1.48. The molecule has 0 unspecified atom stereocenters. The molecule has 2 aromatic rings. The topological polar surface area (TPSA) is 92.4 Å². The molecule has 0 spiro atoms. The molecule has 22 heavy (non-hydrogen) atoms. The Morgan fingerprint density at radius 3 is 2.86 bits per heavy atom. The number of hydrogen-bond donors (Lipinski definition) is 2. The first-order valence-corrected chi connectivity index (χ1v) is 7.88. The molecular formula is C15H18N2O4S. The average molecular weight is 322 g/mol. The Bertz CT molecular complexity index is 636. The van der Waals surface area contributed by atoms with Crippen LogP contribution in [0.5, 0.6) is 0 Å². The molecule has 0 saturated heterocycles. The average Bonchev–Trinajstić information content (AvgIpc) is 3.14. The van der Waals surface area contributed by atoms with Gasteiger partial charge in [-0.3, -0.25) is 4.79 Å². The standard InChI is InChI=1S/C15H18N2O4S/c1-3-9(2)13(15(19)20)17-12(18)6-11-8-22-14(16-11)10-4-5-21-7-10/h4-5,7-9,13H,3,6H2,1-2H3,(H,17,18)(H,19,20)/t9-,13-/m0/s1. The van der Waals surface area contributed by atoms with Gasteiger partial charge in [-0.05, 0) is 12.0 Å². The number of amides is 1. The first-order chi connectivity index (χ1) is 10.5. The van der Waals surface area contributed by atoms with Crippen LogP contribution in [0.1, 0.15) is 26.0 Å². The van der Waals surface area contributed by atoms with Gasteiger partial charge in [0.2, 0.25) is 5.91 Å². The first-order valence-electron chi connectivity index (χ1n) is 7.00. The summed E-state index contributed by atoms with van der Waals surface area (Å²) in [5.41, 5.74) is 1.48. The fourth-order valence-corrected chi connectivity index (χ4v) is 2.78. The third-order valence-corrected chi connectivity index (χ3v) is 4.40. The van der Waals surface area contributed by atoms with E-state index < -0.39 is 12.0 Å². The molecule has 0 aromatic carbocycles. The third-order valence-electron chi connectivity index (χ3n) is 3.46. The highest BCUT2D eigenvalue weighted by atomic mass is 32.1. The number of hydrogen-bond acceptors (Lipinski definition) is 5. The Balaban J connectivity index is 1.98. The van der Waals surface area contributed by atoms with Crippen LogP contribution in [-0.2, 0) is 16.0 Å². The fourth-order valence-electron chi connectivity index (χ4n) is 1.98. The maximum absolute atomic E-state index is 12.0. The van der Waals surface area contributed by atoms with Crippen LogP contribution in [0.2, 0.25) is 0 Å². The molecule has 7 heteroatoms. The number of carboxylic acid groups (broad SMARTS) is 1. The Hall–Kier alpha value is -2.15. The number of carbonyl (C=O) groups excluding carboxylic acids is 1. The largest absolute Gasteiger partial charge is 0.480 e. The molecule has 2 heterocycles. The minimum atomic E-state index is -1.01. The maximum atomic E-state index is 12.0. The van der Waals surface area contributed by atoms with Gasteiger partial charge in [0.05, 0.1) is 18.4 Å². The zero-order valence-corrected chi connectivity index (χ0v) is 13.2. The van der Waals surface area contributed by atoms with Gasteiger partial charge in [0.15, 0.2) is 0 Å². The van der Waals surface area contributed by atoms with E-state index in [9.17, 15) is 14.7 Å². The van der Waals surface area contributed by atoms with Crippen LogP contribution < -0.4 is 5.32 Å². The number of aromatic nitrogens is 1. The van der Waals surface area contributed by atoms with Crippen molar-refractivity contribution in [3.63, 3.8) is 0 Å². The molecule has 6 nitrogen and oxygen atoms in total. The predicted octanol–water partition coefficient (Wildman–Crippen LogP) is 2.56. The van der Waals surface area contributed by atoms with Crippen molar-refractivity contribution in [2.45, 2.75) is 32.7 Å². The number of rotatable bonds is 7. The zero-order chi connectivity index (χ0) is 16.1. The summed E-state index contributed by atoms with van der Waals surface area (Å²) >= 11 is 1.42. The molecule has 0 aliphatic heterocycles. The molecule has 2 rings (SSSR count). The summed E-state index contributed by atoms with van der Waals surface area (Å²) in [6, 6.07) is 0.927. The van der Waals surface area contributed by atoms with Crippen molar-refractivity contribution in [2.24, 2.45) is 5.92 Å². The molecule has 2 atom stereocenters. The van der Waals surface area contributed by atoms with Crippen LogP contribution in [0.3, 0.4) is 0 Å². The number of nitrogens with one attached hydrogen (secondary N) is 1. The molecule has 0 aliphatic rings. The monoisotopic (exact) mass is 322 g/mol. The van der Waals surface area contributed by atoms with E-state index in [-0.39, 0.29) is 18.2 Å². The Morgan fingerprint density at radius 2 is 2.27 bits per heavy atom. The normalized spacial score (nSPS) is 13.5. The lowest BCUT2D eigenvalue weighted by Gasteiger charge is -2.19. The van der Waals surface area contributed by atoms with Crippen LogP contribution in [0.4, 0.5) is 0 Å². The SMILES string of the molecule is CC[C@H](C)[C@H](NC(=O)Cc1csc(-c2ccoc2)n1)C(=O)O. The number of thiazole rings is 1. The minimum absolute atomic E-state index is 0.0641. The summed E-state index contributed by atoms with van der Waals surface area (Å²) in [6.07, 6.45) is 3.89. The van der Waals surface area contributed by atoms with E-state index in [0.29, 0.717) is 12.1 Å². The lowest BCUT2D eigenvalue weighted by Crippen LogP contribution is -2.45. The second-order valence-corrected chi connectivity index (χ2v) is 5.96. The van der Waals surface area contributed by atoms with Crippen LogP contribution in [0, 0.1) is 5.92 Å². The van der Waals surface area contributed by atoms with Gasteiger partial charge < -0.3 is 14.8 Å². The van der Waals surface area contributed by atoms with E-state index >= 15 is 0 Å². The summed E-state index contributed by atoms with van der Waals surface area (Å²) in [5, 5.41) is 14.3. The number of nitrogens with zero attached hydrogens (tertiary/aromatic N) is 1. The molecule has 118 valence electrons. The smallest absolute Gasteiger partial charge is 0.326 e. The highest BCUT2D eigenvalue weighted by Gasteiger charge is 2.25. The van der Waals surface area contributed by atoms with Crippen molar-refractivity contribution in [1.29, 1.82) is 0 Å². The molecule has 2 aromatic heterocycles. The van der Waals surface area contributed by atoms with Gasteiger partial charge in [-0.15, -0.1) is 11.3 Å². The van der Waals surface area contributed by atoms with E-state index in [1.165, 1.54) is 11.3 Å². The number of carboxylic acids is 1. The van der Waals surface area contributed by atoms with Gasteiger partial charge >= 0.3 is 5.97 Å². The van der Waals surface area contributed by atoms with Crippen LogP contribution in [-0.4, -0.2) is 28.0 Å². The summed E-state index contributed by atoms with van der Waals surface area (Å²) in [4.78, 5) is 27.6. The Kier molecular flexibility index (Phi) is 5.32. The van der Waals surface area contributed by atoms with Gasteiger partial charge in [0.25, 0.3) is 0 Å². The number of aliphatic carboxylic acids is 1. The Morgan fingerprint density at radius 1 is 1.50 bits per heavy atom. The maximum Gasteiger partial charge on any atom is 0.326 e. The Labute approximate surface area is 132 Å². The minimum Gasteiger partial charge on any atom is -0.480 e. The van der Waals surface area contributed by atoms with Gasteiger partial charge in [0.1, 0.15) is 17.3 Å². The second-order valence-electron chi connectivity index (χ2n) is 5.10. The third kappa shape index (κ3) is 3.94. The second kappa shape index (κ2) is 7.22. The first kappa shape index (κ1) is 16.2. The van der Waals surface area contributed by atoms with E-state index in [0.717, 1.165) is 10.6 Å². The predicted molar refractivity (Wildman–Crippen MR) is 82.5 cm³/mol. The van der Waals surface area contributed by atoms with Crippen LogP contribution >= 0.6 is 11.3 Å². The molecule has 0 fully saturated rings. The summed E-state index contributed by atoms with van der Waals surface area (Å²) in [7, 11) is 0. The molecular weight excluding hydrogens is 304 g/mol. The zero-order valence-electron chi connectivity index (χ0n) is 12.4. The van der Waals surface area contributed by atoms with E-state index in [1.54, 1.807) is 30.9 Å². The van der Waals surface area contributed by atoms with Crippen molar-refractivity contribution in [3.05, 3.63) is 29.7 Å². The van der Waals surface area contributed by atoms with Crippen molar-refractivity contribution in [2.75, 3.05) is 0 Å². The van der Waals surface area contributed by atoms with Gasteiger partial charge in [-0.25, -0.2) is 9.78 Å². The van der Waals surface area contributed by atoms with E-state index in [2.05, 4.69) is 10.3 Å². The van der Waals surface area contributed by atoms with Crippen molar-refractivity contribution >= 4 is 23.2 Å². The van der Waals surface area contributed by atoms with Crippen molar-refractivity contribution in [3.8, 4) is 10.6 Å². The highest BCUT2D eigenvalue weighted by Crippen LogP contribution is 2.24. The number of carbonyl (C=O) groups is 2. The number of furan rings is 1. The quantitative estimate of drug-likeness (QED) is 0.817.